The van der Waals surface area contributed by atoms with Crippen LogP contribution in [0.3, 0.4) is 0 Å². The lowest BCUT2D eigenvalue weighted by molar-refractivity contribution is -0.0934. The van der Waals surface area contributed by atoms with E-state index in [1.807, 2.05) is 43.3 Å². The number of fused-ring (bicyclic) bond motifs is 1. The van der Waals surface area contributed by atoms with Crippen LogP contribution in [-0.4, -0.2) is 43.9 Å². The Morgan fingerprint density at radius 1 is 1.28 bits per heavy atom. The molecular weight excluding hydrogens is 374 g/mol. The van der Waals surface area contributed by atoms with Gasteiger partial charge in [-0.25, -0.2) is 4.79 Å². The van der Waals surface area contributed by atoms with Gasteiger partial charge in [-0.05, 0) is 43.5 Å². The van der Waals surface area contributed by atoms with E-state index < -0.39 is 18.5 Å². The third kappa shape index (κ3) is 5.85. The molecule has 0 spiro atoms. The summed E-state index contributed by atoms with van der Waals surface area (Å²) in [6, 6.07) is 13.7. The molecule has 3 rings (SSSR count). The molecule has 0 fully saturated rings. The maximum atomic E-state index is 11.2. The molecule has 0 saturated heterocycles. The second-order valence-corrected chi connectivity index (χ2v) is 7.15. The van der Waals surface area contributed by atoms with E-state index in [9.17, 15) is 9.90 Å². The van der Waals surface area contributed by atoms with E-state index in [0.29, 0.717) is 18.0 Å². The quantitative estimate of drug-likeness (QED) is 0.690. The number of carbonyl (C=O) groups excluding carboxylic acids is 1. The van der Waals surface area contributed by atoms with Crippen molar-refractivity contribution in [3.05, 3.63) is 59.2 Å². The van der Waals surface area contributed by atoms with Gasteiger partial charge >= 0.3 is 6.16 Å². The van der Waals surface area contributed by atoms with Crippen LogP contribution in [0, 0.1) is 6.92 Å². The van der Waals surface area contributed by atoms with Gasteiger partial charge in [-0.1, -0.05) is 35.9 Å². The van der Waals surface area contributed by atoms with Crippen molar-refractivity contribution in [1.82, 2.24) is 5.32 Å². The maximum Gasteiger partial charge on any atom is 0.511 e. The van der Waals surface area contributed by atoms with Crippen molar-refractivity contribution in [2.24, 2.45) is 0 Å². The first-order valence-corrected chi connectivity index (χ1v) is 9.59. The number of benzene rings is 2. The molecule has 0 radical (unpaired) electrons. The first kappa shape index (κ1) is 21.0. The number of aryl methyl sites for hydroxylation is 1. The zero-order valence-corrected chi connectivity index (χ0v) is 16.9. The number of aliphatic hydroxyl groups excluding tert-OH is 1. The highest BCUT2D eigenvalue weighted by Gasteiger charge is 2.25. The zero-order chi connectivity index (χ0) is 20.8. The topological polar surface area (TPSA) is 86.3 Å². The van der Waals surface area contributed by atoms with E-state index in [0.717, 1.165) is 23.1 Å². The molecule has 2 aromatic carbocycles. The third-order valence-corrected chi connectivity index (χ3v) is 4.66. The van der Waals surface area contributed by atoms with E-state index in [2.05, 4.69) is 17.0 Å². The number of rotatable bonds is 7. The largest absolute Gasteiger partial charge is 0.511 e. The molecule has 1 heterocycles. The summed E-state index contributed by atoms with van der Waals surface area (Å²) in [6.07, 6.45) is -1.43. The van der Waals surface area contributed by atoms with Crippen LogP contribution in [0.5, 0.6) is 11.5 Å². The molecule has 156 valence electrons. The Hall–Kier alpha value is -2.77. The van der Waals surface area contributed by atoms with Crippen LogP contribution >= 0.6 is 0 Å². The van der Waals surface area contributed by atoms with Crippen molar-refractivity contribution in [2.45, 2.75) is 38.7 Å². The molecule has 0 aliphatic carbocycles. The predicted molar refractivity (Wildman–Crippen MR) is 107 cm³/mol. The minimum Gasteiger partial charge on any atom is -0.482 e. The summed E-state index contributed by atoms with van der Waals surface area (Å²) in [5, 5.41) is 13.7. The molecule has 7 heteroatoms. The molecular formula is C22H27NO6. The summed E-state index contributed by atoms with van der Waals surface area (Å²) in [5.74, 6) is 1.13. The fourth-order valence-electron chi connectivity index (χ4n) is 3.17. The highest BCUT2D eigenvalue weighted by atomic mass is 16.8. The van der Waals surface area contributed by atoms with Gasteiger partial charge in [-0.3, -0.25) is 0 Å². The Bertz CT molecular complexity index is 840. The molecule has 1 aliphatic rings. The lowest BCUT2D eigenvalue weighted by atomic mass is 10.0. The molecule has 1 aliphatic heterocycles. The molecule has 29 heavy (non-hydrogen) atoms. The standard InChI is InChI=1S/C22H27NO6/c1-14-5-4-6-17(9-14)18(24)12-23-15(2)10-16-7-8-19-20(11-16)27-13-21(28-19)29-22(25)26-3/h4-9,11,15,18,21,23-24H,10,12-13H2,1-3H3. The van der Waals surface area contributed by atoms with Crippen LogP contribution in [0.4, 0.5) is 4.79 Å². The molecule has 7 nitrogen and oxygen atoms in total. The summed E-state index contributed by atoms with van der Waals surface area (Å²) in [5.41, 5.74) is 3.11. The smallest absolute Gasteiger partial charge is 0.482 e. The van der Waals surface area contributed by atoms with Gasteiger partial charge in [0.2, 0.25) is 0 Å². The minimum atomic E-state index is -0.829. The van der Waals surface area contributed by atoms with Crippen LogP contribution in [0.2, 0.25) is 0 Å². The summed E-state index contributed by atoms with van der Waals surface area (Å²) in [4.78, 5) is 11.2. The van der Waals surface area contributed by atoms with Crippen molar-refractivity contribution in [3.8, 4) is 11.5 Å². The van der Waals surface area contributed by atoms with Gasteiger partial charge < -0.3 is 29.4 Å². The van der Waals surface area contributed by atoms with Crippen molar-refractivity contribution < 1.29 is 28.8 Å². The number of hydrogen-bond donors (Lipinski definition) is 2. The number of aliphatic hydroxyl groups is 1. The molecule has 3 atom stereocenters. The van der Waals surface area contributed by atoms with E-state index in [4.69, 9.17) is 14.2 Å². The molecule has 0 amide bonds. The van der Waals surface area contributed by atoms with Crippen LogP contribution in [0.25, 0.3) is 0 Å². The molecule has 0 saturated carbocycles. The Morgan fingerprint density at radius 2 is 2.10 bits per heavy atom. The SMILES string of the molecule is COC(=O)OC1COc2cc(CC(C)NCC(O)c3cccc(C)c3)ccc2O1. The van der Waals surface area contributed by atoms with Gasteiger partial charge in [0.25, 0.3) is 6.29 Å². The summed E-state index contributed by atoms with van der Waals surface area (Å²) >= 11 is 0. The summed E-state index contributed by atoms with van der Waals surface area (Å²) in [7, 11) is 1.24. The normalized spacial score (nSPS) is 17.3. The first-order chi connectivity index (χ1) is 13.9. The average Bonchev–Trinajstić information content (AvgIpc) is 2.72. The molecule has 2 aromatic rings. The van der Waals surface area contributed by atoms with E-state index >= 15 is 0 Å². The Labute approximate surface area is 170 Å². The van der Waals surface area contributed by atoms with Crippen molar-refractivity contribution in [3.63, 3.8) is 0 Å². The Kier molecular flexibility index (Phi) is 6.95. The lowest BCUT2D eigenvalue weighted by Gasteiger charge is -2.26. The first-order valence-electron chi connectivity index (χ1n) is 9.59. The van der Waals surface area contributed by atoms with Gasteiger partial charge in [-0.2, -0.15) is 0 Å². The van der Waals surface area contributed by atoms with Gasteiger partial charge in [0.1, 0.15) is 0 Å². The average molecular weight is 401 g/mol. The summed E-state index contributed by atoms with van der Waals surface area (Å²) in [6.45, 7) is 4.65. The van der Waals surface area contributed by atoms with E-state index in [-0.39, 0.29) is 12.6 Å². The van der Waals surface area contributed by atoms with Gasteiger partial charge in [-0.15, -0.1) is 0 Å². The van der Waals surface area contributed by atoms with Crippen LogP contribution < -0.4 is 14.8 Å². The zero-order valence-electron chi connectivity index (χ0n) is 16.9. The molecule has 0 aromatic heterocycles. The predicted octanol–water partition coefficient (Wildman–Crippen LogP) is 3.13. The van der Waals surface area contributed by atoms with Crippen molar-refractivity contribution in [1.29, 1.82) is 0 Å². The van der Waals surface area contributed by atoms with Gasteiger partial charge in [0.05, 0.1) is 13.2 Å². The van der Waals surface area contributed by atoms with Crippen LogP contribution in [0.15, 0.2) is 42.5 Å². The second-order valence-electron chi connectivity index (χ2n) is 7.15. The summed E-state index contributed by atoms with van der Waals surface area (Å²) < 4.78 is 20.7. The number of hydrogen-bond acceptors (Lipinski definition) is 7. The Morgan fingerprint density at radius 3 is 2.86 bits per heavy atom. The van der Waals surface area contributed by atoms with Crippen molar-refractivity contribution >= 4 is 6.16 Å². The van der Waals surface area contributed by atoms with Crippen LogP contribution in [0.1, 0.15) is 29.7 Å². The van der Waals surface area contributed by atoms with Gasteiger partial charge in [0.15, 0.2) is 18.1 Å². The molecule has 2 N–H and O–H groups in total. The van der Waals surface area contributed by atoms with E-state index in [1.54, 1.807) is 6.07 Å². The monoisotopic (exact) mass is 401 g/mol. The number of carbonyl (C=O) groups is 1. The fourth-order valence-corrected chi connectivity index (χ4v) is 3.17. The number of ether oxygens (including phenoxy) is 4. The maximum absolute atomic E-state index is 11.2. The third-order valence-electron chi connectivity index (χ3n) is 4.66. The highest BCUT2D eigenvalue weighted by Crippen LogP contribution is 2.33. The van der Waals surface area contributed by atoms with Gasteiger partial charge in [0, 0.05) is 12.6 Å². The van der Waals surface area contributed by atoms with E-state index in [1.165, 1.54) is 7.11 Å². The fraction of sp³-hybridized carbons (Fsp3) is 0.409. The number of nitrogens with one attached hydrogen (secondary N) is 1. The van der Waals surface area contributed by atoms with Crippen molar-refractivity contribution in [2.75, 3.05) is 20.3 Å². The lowest BCUT2D eigenvalue weighted by Crippen LogP contribution is -2.34. The second kappa shape index (κ2) is 9.62. The minimum absolute atomic E-state index is 0.0992. The number of methoxy groups -OCH3 is 1. The van der Waals surface area contributed by atoms with Crippen LogP contribution in [-0.2, 0) is 15.9 Å². The highest BCUT2D eigenvalue weighted by molar-refractivity contribution is 5.59. The molecule has 0 bridgehead atoms. The molecule has 3 unspecified atom stereocenters. The Balaban J connectivity index is 1.51.